The van der Waals surface area contributed by atoms with E-state index < -0.39 is 6.10 Å². The highest BCUT2D eigenvalue weighted by Gasteiger charge is 2.19. The van der Waals surface area contributed by atoms with E-state index in [0.717, 1.165) is 128 Å². The highest BCUT2D eigenvalue weighted by Crippen LogP contribution is 2.13. The van der Waals surface area contributed by atoms with E-state index in [1.807, 2.05) is 0 Å². The molecular formula is C59H96O6. The van der Waals surface area contributed by atoms with Crippen LogP contribution < -0.4 is 0 Å². The number of ether oxygens (including phenoxy) is 3. The van der Waals surface area contributed by atoms with Crippen LogP contribution in [-0.2, 0) is 28.6 Å². The predicted octanol–water partition coefficient (Wildman–Crippen LogP) is 17.5. The molecule has 1 atom stereocenters. The van der Waals surface area contributed by atoms with Crippen LogP contribution in [0.25, 0.3) is 0 Å². The Kier molecular flexibility index (Phi) is 49.5. The molecule has 368 valence electrons. The van der Waals surface area contributed by atoms with Crippen LogP contribution in [0.3, 0.4) is 0 Å². The summed E-state index contributed by atoms with van der Waals surface area (Å²) in [6.07, 6.45) is 70.7. The van der Waals surface area contributed by atoms with E-state index in [1.54, 1.807) is 0 Å². The van der Waals surface area contributed by atoms with Crippen molar-refractivity contribution in [3.8, 4) is 0 Å². The first kappa shape index (κ1) is 61.1. The van der Waals surface area contributed by atoms with Gasteiger partial charge in [-0.15, -0.1) is 0 Å². The third-order valence-corrected chi connectivity index (χ3v) is 10.7. The standard InChI is InChI=1S/C59H96O6/c1-4-7-10-13-16-19-22-25-28-29-32-34-37-40-43-46-49-52-58(61)64-55-56(65-59(62)53-50-47-44-41-38-35-31-27-24-21-18-15-12-9-6-3)54-63-57(60)51-48-45-42-39-36-33-30-26-23-20-17-14-11-8-5-2/h7-8,10-11,16-17,19-20,25-28,30-32,34,40,43,56H,4-6,9,12-15,18,21-24,29,33,35-39,41-42,44-55H2,1-3H3. The Morgan fingerprint density at radius 2 is 0.615 bits per heavy atom. The summed E-state index contributed by atoms with van der Waals surface area (Å²) in [5, 5.41) is 0. The molecule has 0 amide bonds. The van der Waals surface area contributed by atoms with E-state index in [1.165, 1.54) is 51.4 Å². The third kappa shape index (κ3) is 50.9. The SMILES string of the molecule is CCC=CCC=CCC=CCC=CCC=CCCCC(=O)OCC(COC(=O)CCCCCCCC=CCC=CCC=CCC)OC(=O)CCCCCCCC=CCCCCCCCC. The molecule has 0 N–H and O–H groups in total. The number of allylic oxidation sites excluding steroid dienone is 18. The Labute approximate surface area is 400 Å². The average Bonchev–Trinajstić information content (AvgIpc) is 3.30. The molecule has 6 nitrogen and oxygen atoms in total. The number of carbonyl (C=O) groups excluding carboxylic acids is 3. The average molecular weight is 901 g/mol. The van der Waals surface area contributed by atoms with Gasteiger partial charge in [0.2, 0.25) is 0 Å². The first-order valence-electron chi connectivity index (χ1n) is 26.4. The van der Waals surface area contributed by atoms with Gasteiger partial charge >= 0.3 is 17.9 Å². The predicted molar refractivity (Wildman–Crippen MR) is 279 cm³/mol. The van der Waals surface area contributed by atoms with Gasteiger partial charge in [-0.2, -0.15) is 0 Å². The van der Waals surface area contributed by atoms with Crippen molar-refractivity contribution in [1.29, 1.82) is 0 Å². The lowest BCUT2D eigenvalue weighted by molar-refractivity contribution is -0.167. The molecule has 0 aromatic rings. The lowest BCUT2D eigenvalue weighted by Crippen LogP contribution is -2.30. The molecule has 0 aliphatic heterocycles. The second kappa shape index (κ2) is 52.7. The van der Waals surface area contributed by atoms with Gasteiger partial charge < -0.3 is 14.2 Å². The zero-order valence-corrected chi connectivity index (χ0v) is 42.0. The maximum atomic E-state index is 12.8. The monoisotopic (exact) mass is 901 g/mol. The summed E-state index contributed by atoms with van der Waals surface area (Å²) in [5.41, 5.74) is 0. The Bertz CT molecular complexity index is 1360. The molecule has 0 radical (unpaired) electrons. The van der Waals surface area contributed by atoms with Crippen LogP contribution in [0.2, 0.25) is 0 Å². The van der Waals surface area contributed by atoms with Gasteiger partial charge in [0.25, 0.3) is 0 Å². The van der Waals surface area contributed by atoms with Gasteiger partial charge in [0.05, 0.1) is 0 Å². The minimum Gasteiger partial charge on any atom is -0.462 e. The second-order valence-corrected chi connectivity index (χ2v) is 17.0. The molecule has 0 spiro atoms. The van der Waals surface area contributed by atoms with Crippen molar-refractivity contribution < 1.29 is 28.6 Å². The lowest BCUT2D eigenvalue weighted by Gasteiger charge is -2.18. The fraction of sp³-hybridized carbons (Fsp3) is 0.644. The number of unbranched alkanes of at least 4 members (excludes halogenated alkanes) is 17. The molecule has 0 fully saturated rings. The van der Waals surface area contributed by atoms with Crippen molar-refractivity contribution >= 4 is 17.9 Å². The Balaban J connectivity index is 4.53. The van der Waals surface area contributed by atoms with Crippen molar-refractivity contribution in [3.63, 3.8) is 0 Å². The summed E-state index contributed by atoms with van der Waals surface area (Å²) in [5.74, 6) is -0.998. The number of hydrogen-bond acceptors (Lipinski definition) is 6. The third-order valence-electron chi connectivity index (χ3n) is 10.7. The Morgan fingerprint density at radius 3 is 1.02 bits per heavy atom. The minimum absolute atomic E-state index is 0.110. The van der Waals surface area contributed by atoms with Crippen molar-refractivity contribution in [2.45, 2.75) is 232 Å². The Morgan fingerprint density at radius 1 is 0.323 bits per heavy atom. The molecule has 0 bridgehead atoms. The lowest BCUT2D eigenvalue weighted by atomic mass is 10.1. The largest absolute Gasteiger partial charge is 0.462 e. The van der Waals surface area contributed by atoms with E-state index >= 15 is 0 Å². The van der Waals surface area contributed by atoms with Crippen molar-refractivity contribution in [2.24, 2.45) is 0 Å². The van der Waals surface area contributed by atoms with Crippen LogP contribution in [0.1, 0.15) is 226 Å². The smallest absolute Gasteiger partial charge is 0.306 e. The van der Waals surface area contributed by atoms with Crippen LogP contribution in [0.15, 0.2) is 109 Å². The van der Waals surface area contributed by atoms with Gasteiger partial charge in [-0.3, -0.25) is 14.4 Å². The van der Waals surface area contributed by atoms with Crippen molar-refractivity contribution in [3.05, 3.63) is 109 Å². The molecule has 0 aliphatic carbocycles. The molecule has 0 aliphatic rings. The summed E-state index contributed by atoms with van der Waals surface area (Å²) in [7, 11) is 0. The van der Waals surface area contributed by atoms with E-state index in [0.29, 0.717) is 19.3 Å². The van der Waals surface area contributed by atoms with Gasteiger partial charge in [0.15, 0.2) is 6.10 Å². The van der Waals surface area contributed by atoms with Gasteiger partial charge in [0.1, 0.15) is 13.2 Å². The zero-order chi connectivity index (χ0) is 47.2. The fourth-order valence-electron chi connectivity index (χ4n) is 6.84. The number of carbonyl (C=O) groups is 3. The van der Waals surface area contributed by atoms with Gasteiger partial charge in [-0.05, 0) is 116 Å². The van der Waals surface area contributed by atoms with E-state index in [9.17, 15) is 14.4 Å². The number of hydrogen-bond donors (Lipinski definition) is 0. The molecule has 0 saturated carbocycles. The van der Waals surface area contributed by atoms with E-state index in [-0.39, 0.29) is 37.5 Å². The Hall–Kier alpha value is -3.93. The van der Waals surface area contributed by atoms with Gasteiger partial charge in [-0.1, -0.05) is 201 Å². The molecule has 6 heteroatoms. The van der Waals surface area contributed by atoms with Crippen molar-refractivity contribution in [1.82, 2.24) is 0 Å². The van der Waals surface area contributed by atoms with E-state index in [4.69, 9.17) is 14.2 Å². The topological polar surface area (TPSA) is 78.9 Å². The van der Waals surface area contributed by atoms with Crippen LogP contribution in [0.5, 0.6) is 0 Å². The maximum absolute atomic E-state index is 12.8. The van der Waals surface area contributed by atoms with Crippen LogP contribution in [0.4, 0.5) is 0 Å². The highest BCUT2D eigenvalue weighted by molar-refractivity contribution is 5.71. The summed E-state index contributed by atoms with van der Waals surface area (Å²) in [6, 6.07) is 0. The quantitative estimate of drug-likeness (QED) is 0.0262. The summed E-state index contributed by atoms with van der Waals surface area (Å²) >= 11 is 0. The minimum atomic E-state index is -0.814. The first-order chi connectivity index (χ1) is 32.0. The van der Waals surface area contributed by atoms with Crippen LogP contribution in [-0.4, -0.2) is 37.2 Å². The summed E-state index contributed by atoms with van der Waals surface area (Å²) in [4.78, 5) is 38.0. The molecule has 1 unspecified atom stereocenters. The van der Waals surface area contributed by atoms with E-state index in [2.05, 4.69) is 130 Å². The normalized spacial score (nSPS) is 13.0. The van der Waals surface area contributed by atoms with Gasteiger partial charge in [0, 0.05) is 19.3 Å². The first-order valence-corrected chi connectivity index (χ1v) is 26.4. The fourth-order valence-corrected chi connectivity index (χ4v) is 6.84. The summed E-state index contributed by atoms with van der Waals surface area (Å²) in [6.45, 7) is 6.33. The zero-order valence-electron chi connectivity index (χ0n) is 42.0. The number of esters is 3. The van der Waals surface area contributed by atoms with Crippen LogP contribution >= 0.6 is 0 Å². The molecule has 0 saturated heterocycles. The second-order valence-electron chi connectivity index (χ2n) is 17.0. The highest BCUT2D eigenvalue weighted by atomic mass is 16.6. The summed E-state index contributed by atoms with van der Waals surface area (Å²) < 4.78 is 16.7. The molecular weight excluding hydrogens is 805 g/mol. The van der Waals surface area contributed by atoms with Crippen molar-refractivity contribution in [2.75, 3.05) is 13.2 Å². The molecule has 0 rings (SSSR count). The molecule has 65 heavy (non-hydrogen) atoms. The van der Waals surface area contributed by atoms with Gasteiger partial charge in [-0.25, -0.2) is 0 Å². The molecule has 0 aromatic heterocycles. The molecule has 0 heterocycles. The molecule has 0 aromatic carbocycles. The maximum Gasteiger partial charge on any atom is 0.306 e. The van der Waals surface area contributed by atoms with Crippen LogP contribution in [0, 0.1) is 0 Å². The number of rotatable bonds is 46.